The monoisotopic (exact) mass is 286 g/mol. The van der Waals surface area contributed by atoms with Gasteiger partial charge in [0.25, 0.3) is 0 Å². The van der Waals surface area contributed by atoms with E-state index in [2.05, 4.69) is 56.7 Å². The van der Waals surface area contributed by atoms with Crippen molar-refractivity contribution in [3.63, 3.8) is 0 Å². The van der Waals surface area contributed by atoms with Crippen molar-refractivity contribution in [2.75, 3.05) is 5.33 Å². The Morgan fingerprint density at radius 1 is 1.42 bits per heavy atom. The molecule has 0 spiro atoms. The molecule has 0 radical (unpaired) electrons. The van der Waals surface area contributed by atoms with E-state index in [1.54, 1.807) is 0 Å². The van der Waals surface area contributed by atoms with E-state index in [0.717, 1.165) is 15.4 Å². The van der Waals surface area contributed by atoms with Crippen LogP contribution in [0.4, 0.5) is 0 Å². The molecule has 0 aliphatic heterocycles. The minimum absolute atomic E-state index is 0.725. The molecule has 1 aromatic carbocycles. The molecule has 0 amide bonds. The third-order valence-electron chi connectivity index (χ3n) is 1.48. The van der Waals surface area contributed by atoms with Crippen LogP contribution in [0.25, 0.3) is 0 Å². The number of halogens is 2. The number of aryl methyl sites for hydroxylation is 1. The van der Waals surface area contributed by atoms with Gasteiger partial charge in [0.15, 0.2) is 0 Å². The largest absolute Gasteiger partial charge is 0.0863 e. The Morgan fingerprint density at radius 2 is 2.17 bits per heavy atom. The molecular formula is C10H8Br2. The van der Waals surface area contributed by atoms with Crippen LogP contribution in [-0.4, -0.2) is 5.33 Å². The van der Waals surface area contributed by atoms with Crippen molar-refractivity contribution >= 4 is 31.9 Å². The summed E-state index contributed by atoms with van der Waals surface area (Å²) in [6, 6.07) is 6.10. The minimum Gasteiger partial charge on any atom is -0.0863 e. The quantitative estimate of drug-likeness (QED) is 0.506. The van der Waals surface area contributed by atoms with Crippen LogP contribution in [-0.2, 0) is 0 Å². The van der Waals surface area contributed by atoms with Gasteiger partial charge in [-0.2, -0.15) is 0 Å². The fourth-order valence-corrected chi connectivity index (χ4v) is 1.51. The molecule has 0 fully saturated rings. The maximum atomic E-state index is 3.41. The van der Waals surface area contributed by atoms with Gasteiger partial charge in [-0.3, -0.25) is 0 Å². The van der Waals surface area contributed by atoms with Crippen LogP contribution in [0.15, 0.2) is 22.7 Å². The molecule has 0 heterocycles. The van der Waals surface area contributed by atoms with Crippen LogP contribution in [0.1, 0.15) is 11.1 Å². The summed E-state index contributed by atoms with van der Waals surface area (Å²) in [7, 11) is 0. The Hall–Kier alpha value is -0.260. The smallest absolute Gasteiger partial charge is 0.0649 e. The molecule has 0 bridgehead atoms. The van der Waals surface area contributed by atoms with Gasteiger partial charge in [-0.15, -0.1) is 0 Å². The maximum Gasteiger partial charge on any atom is 0.0649 e. The van der Waals surface area contributed by atoms with E-state index in [1.165, 1.54) is 5.56 Å². The van der Waals surface area contributed by atoms with Gasteiger partial charge >= 0.3 is 0 Å². The molecule has 0 aliphatic carbocycles. The number of alkyl halides is 1. The van der Waals surface area contributed by atoms with Crippen LogP contribution in [0, 0.1) is 18.8 Å². The third-order valence-corrected chi connectivity index (χ3v) is 2.25. The number of hydrogen-bond acceptors (Lipinski definition) is 0. The highest BCUT2D eigenvalue weighted by atomic mass is 79.9. The fraction of sp³-hybridized carbons (Fsp3) is 0.200. The predicted octanol–water partition coefficient (Wildman–Crippen LogP) is 3.50. The summed E-state index contributed by atoms with van der Waals surface area (Å²) in [6.45, 7) is 2.06. The zero-order chi connectivity index (χ0) is 8.97. The molecular weight excluding hydrogens is 280 g/mol. The summed E-state index contributed by atoms with van der Waals surface area (Å²) in [6.07, 6.45) is 0. The number of rotatable bonds is 0. The molecule has 0 saturated carbocycles. The Kier molecular flexibility index (Phi) is 3.84. The first-order valence-corrected chi connectivity index (χ1v) is 5.46. The van der Waals surface area contributed by atoms with Crippen molar-refractivity contribution in [3.05, 3.63) is 33.8 Å². The van der Waals surface area contributed by atoms with Crippen molar-refractivity contribution in [3.8, 4) is 11.8 Å². The van der Waals surface area contributed by atoms with Crippen molar-refractivity contribution in [2.45, 2.75) is 6.92 Å². The minimum atomic E-state index is 0.725. The number of hydrogen-bond donors (Lipinski definition) is 0. The Morgan fingerprint density at radius 3 is 2.75 bits per heavy atom. The van der Waals surface area contributed by atoms with Crippen molar-refractivity contribution in [1.82, 2.24) is 0 Å². The molecule has 1 aromatic rings. The second-order valence-corrected chi connectivity index (χ2v) is 3.87. The second-order valence-electron chi connectivity index (χ2n) is 2.39. The lowest BCUT2D eigenvalue weighted by atomic mass is 10.1. The first kappa shape index (κ1) is 9.83. The van der Waals surface area contributed by atoms with Gasteiger partial charge in [-0.1, -0.05) is 43.7 Å². The average Bonchev–Trinajstić information content (AvgIpc) is 2.03. The molecule has 0 nitrogen and oxygen atoms in total. The SMILES string of the molecule is Cc1cc(Br)ccc1C#CCBr. The highest BCUT2D eigenvalue weighted by Gasteiger charge is 1.93. The van der Waals surface area contributed by atoms with Gasteiger partial charge in [0.05, 0.1) is 5.33 Å². The Labute approximate surface area is 89.6 Å². The van der Waals surface area contributed by atoms with E-state index in [1.807, 2.05) is 12.1 Å². The highest BCUT2D eigenvalue weighted by Crippen LogP contribution is 2.14. The molecule has 0 atom stereocenters. The topological polar surface area (TPSA) is 0 Å². The Balaban J connectivity index is 3.01. The standard InChI is InChI=1S/C10H8Br2/c1-8-7-10(12)5-4-9(8)3-2-6-11/h4-5,7H,6H2,1H3. The summed E-state index contributed by atoms with van der Waals surface area (Å²) in [5.74, 6) is 6.05. The first-order valence-electron chi connectivity index (χ1n) is 3.55. The van der Waals surface area contributed by atoms with Crippen molar-refractivity contribution in [1.29, 1.82) is 0 Å². The lowest BCUT2D eigenvalue weighted by molar-refractivity contribution is 1.42. The second kappa shape index (κ2) is 4.69. The van der Waals surface area contributed by atoms with Gasteiger partial charge in [0.1, 0.15) is 0 Å². The van der Waals surface area contributed by atoms with Crippen molar-refractivity contribution < 1.29 is 0 Å². The molecule has 0 unspecified atom stereocenters. The summed E-state index contributed by atoms with van der Waals surface area (Å²) in [4.78, 5) is 0. The number of benzene rings is 1. The Bertz CT molecular complexity index is 331. The maximum absolute atomic E-state index is 3.41. The molecule has 0 aliphatic rings. The van der Waals surface area contributed by atoms with Crippen LogP contribution in [0.3, 0.4) is 0 Å². The van der Waals surface area contributed by atoms with E-state index >= 15 is 0 Å². The van der Waals surface area contributed by atoms with E-state index in [-0.39, 0.29) is 0 Å². The van der Waals surface area contributed by atoms with E-state index < -0.39 is 0 Å². The van der Waals surface area contributed by atoms with Gasteiger partial charge in [0, 0.05) is 10.0 Å². The zero-order valence-corrected chi connectivity index (χ0v) is 9.87. The van der Waals surface area contributed by atoms with E-state index in [4.69, 9.17) is 0 Å². The summed E-state index contributed by atoms with van der Waals surface area (Å²) < 4.78 is 1.10. The van der Waals surface area contributed by atoms with Crippen LogP contribution in [0.2, 0.25) is 0 Å². The van der Waals surface area contributed by atoms with Gasteiger partial charge in [-0.05, 0) is 30.7 Å². The molecule has 1 rings (SSSR count). The first-order chi connectivity index (χ1) is 5.74. The average molecular weight is 288 g/mol. The molecule has 62 valence electrons. The highest BCUT2D eigenvalue weighted by molar-refractivity contribution is 9.10. The molecule has 12 heavy (non-hydrogen) atoms. The van der Waals surface area contributed by atoms with Crippen LogP contribution >= 0.6 is 31.9 Å². The molecule has 0 aromatic heterocycles. The van der Waals surface area contributed by atoms with Crippen LogP contribution in [0.5, 0.6) is 0 Å². The van der Waals surface area contributed by atoms with E-state index in [0.29, 0.717) is 0 Å². The normalized spacial score (nSPS) is 8.92. The van der Waals surface area contributed by atoms with Gasteiger partial charge in [0.2, 0.25) is 0 Å². The molecule has 2 heteroatoms. The fourth-order valence-electron chi connectivity index (χ4n) is 0.896. The summed E-state index contributed by atoms with van der Waals surface area (Å²) >= 11 is 6.67. The van der Waals surface area contributed by atoms with Crippen molar-refractivity contribution in [2.24, 2.45) is 0 Å². The van der Waals surface area contributed by atoms with Gasteiger partial charge in [-0.25, -0.2) is 0 Å². The van der Waals surface area contributed by atoms with Gasteiger partial charge < -0.3 is 0 Å². The zero-order valence-electron chi connectivity index (χ0n) is 6.70. The summed E-state index contributed by atoms with van der Waals surface area (Å²) in [5, 5.41) is 0.725. The lowest BCUT2D eigenvalue weighted by Crippen LogP contribution is -1.81. The molecule has 0 N–H and O–H groups in total. The lowest BCUT2D eigenvalue weighted by Gasteiger charge is -1.97. The predicted molar refractivity (Wildman–Crippen MR) is 59.6 cm³/mol. The third kappa shape index (κ3) is 2.66. The molecule has 0 saturated heterocycles. The van der Waals surface area contributed by atoms with E-state index in [9.17, 15) is 0 Å². The summed E-state index contributed by atoms with van der Waals surface area (Å²) in [5.41, 5.74) is 2.30. The van der Waals surface area contributed by atoms with Crippen LogP contribution < -0.4 is 0 Å².